The zero-order chi connectivity index (χ0) is 19.7. The standard InChI is InChI=1S/C30H30/c1-2-8-20-14-26-25(13-19(20)7-1)27-15-21-9-3-4-11-23(21)17-29(27)30-18-24-12-6-5-10-22(24)16-28(26)30/h13-18H,1-12H2. The maximum absolute atomic E-state index is 2.58. The van der Waals surface area contributed by atoms with Gasteiger partial charge in [0.05, 0.1) is 0 Å². The molecule has 0 N–H and O–H groups in total. The van der Waals surface area contributed by atoms with Gasteiger partial charge in [0.15, 0.2) is 0 Å². The molecule has 0 aromatic heterocycles. The first-order valence-electron chi connectivity index (χ1n) is 12.3. The van der Waals surface area contributed by atoms with Crippen LogP contribution in [0.1, 0.15) is 71.9 Å². The Morgan fingerprint density at radius 2 is 0.433 bits per heavy atom. The number of hydrogen-bond acceptors (Lipinski definition) is 0. The van der Waals surface area contributed by atoms with E-state index in [1.807, 2.05) is 0 Å². The van der Waals surface area contributed by atoms with Gasteiger partial charge >= 0.3 is 0 Å². The molecular weight excluding hydrogens is 360 g/mol. The molecule has 0 fully saturated rings. The Morgan fingerprint density at radius 3 is 0.600 bits per heavy atom. The van der Waals surface area contributed by atoms with Gasteiger partial charge in [0.25, 0.3) is 0 Å². The molecule has 150 valence electrons. The van der Waals surface area contributed by atoms with Crippen molar-refractivity contribution in [2.75, 3.05) is 0 Å². The number of aryl methyl sites for hydroxylation is 6. The van der Waals surface area contributed by atoms with E-state index in [1.165, 1.54) is 109 Å². The highest BCUT2D eigenvalue weighted by Crippen LogP contribution is 2.41. The molecule has 0 bridgehead atoms. The molecule has 0 saturated carbocycles. The minimum Gasteiger partial charge on any atom is -0.0502 e. The van der Waals surface area contributed by atoms with Gasteiger partial charge in [-0.2, -0.15) is 0 Å². The lowest BCUT2D eigenvalue weighted by Gasteiger charge is -2.23. The lowest BCUT2D eigenvalue weighted by Crippen LogP contribution is -2.05. The number of benzene rings is 4. The van der Waals surface area contributed by atoms with Gasteiger partial charge in [-0.05, 0) is 143 Å². The minimum absolute atomic E-state index is 1.26. The van der Waals surface area contributed by atoms with E-state index in [9.17, 15) is 0 Å². The van der Waals surface area contributed by atoms with Gasteiger partial charge in [-0.1, -0.05) is 36.4 Å². The predicted molar refractivity (Wildman–Crippen MR) is 129 cm³/mol. The lowest BCUT2D eigenvalue weighted by molar-refractivity contribution is 0.686. The highest BCUT2D eigenvalue weighted by Gasteiger charge is 2.19. The summed E-state index contributed by atoms with van der Waals surface area (Å²) in [5.74, 6) is 0. The first-order chi connectivity index (χ1) is 14.8. The van der Waals surface area contributed by atoms with Crippen LogP contribution in [0.2, 0.25) is 0 Å². The van der Waals surface area contributed by atoms with Crippen molar-refractivity contribution < 1.29 is 0 Å². The summed E-state index contributed by atoms with van der Waals surface area (Å²) in [6, 6.07) is 15.5. The van der Waals surface area contributed by atoms with E-state index < -0.39 is 0 Å². The molecule has 0 radical (unpaired) electrons. The van der Waals surface area contributed by atoms with Gasteiger partial charge in [-0.3, -0.25) is 0 Å². The van der Waals surface area contributed by atoms with Crippen LogP contribution in [0.15, 0.2) is 36.4 Å². The third-order valence-corrected chi connectivity index (χ3v) is 8.32. The van der Waals surface area contributed by atoms with Crippen LogP contribution < -0.4 is 0 Å². The van der Waals surface area contributed by atoms with E-state index in [-0.39, 0.29) is 0 Å². The van der Waals surface area contributed by atoms with Crippen molar-refractivity contribution in [3.63, 3.8) is 0 Å². The fourth-order valence-corrected chi connectivity index (χ4v) is 6.69. The number of rotatable bonds is 0. The van der Waals surface area contributed by atoms with Gasteiger partial charge in [0, 0.05) is 0 Å². The topological polar surface area (TPSA) is 0 Å². The van der Waals surface area contributed by atoms with Crippen LogP contribution in [0.25, 0.3) is 32.3 Å². The molecule has 0 heterocycles. The van der Waals surface area contributed by atoms with Crippen molar-refractivity contribution in [1.29, 1.82) is 0 Å². The van der Waals surface area contributed by atoms with Crippen molar-refractivity contribution >= 4 is 32.3 Å². The smallest absolute Gasteiger partial charge is 0.00959 e. The molecule has 7 rings (SSSR count). The zero-order valence-corrected chi connectivity index (χ0v) is 17.9. The molecule has 0 nitrogen and oxygen atoms in total. The van der Waals surface area contributed by atoms with Crippen molar-refractivity contribution in [2.24, 2.45) is 0 Å². The summed E-state index contributed by atoms with van der Waals surface area (Å²) in [7, 11) is 0. The van der Waals surface area contributed by atoms with E-state index in [1.54, 1.807) is 33.4 Å². The minimum atomic E-state index is 1.26. The molecular formula is C30H30. The van der Waals surface area contributed by atoms with Gasteiger partial charge in [0.1, 0.15) is 0 Å². The number of fused-ring (bicyclic) bond motifs is 9. The molecule has 0 heteroatoms. The second-order valence-corrected chi connectivity index (χ2v) is 10.1. The second-order valence-electron chi connectivity index (χ2n) is 10.1. The summed E-state index contributed by atoms with van der Waals surface area (Å²) in [5.41, 5.74) is 9.69. The van der Waals surface area contributed by atoms with Gasteiger partial charge in [-0.15, -0.1) is 0 Å². The van der Waals surface area contributed by atoms with Crippen molar-refractivity contribution in [2.45, 2.75) is 77.0 Å². The third-order valence-electron chi connectivity index (χ3n) is 8.32. The predicted octanol–water partition coefficient (Wildman–Crippen LogP) is 7.78. The fourth-order valence-electron chi connectivity index (χ4n) is 6.69. The second kappa shape index (κ2) is 6.58. The molecule has 3 aliphatic rings. The number of hydrogen-bond donors (Lipinski definition) is 0. The Morgan fingerprint density at radius 1 is 0.267 bits per heavy atom. The van der Waals surface area contributed by atoms with E-state index in [0.29, 0.717) is 0 Å². The van der Waals surface area contributed by atoms with E-state index in [4.69, 9.17) is 0 Å². The summed E-state index contributed by atoms with van der Waals surface area (Å²) < 4.78 is 0. The van der Waals surface area contributed by atoms with Crippen LogP contribution in [0.4, 0.5) is 0 Å². The van der Waals surface area contributed by atoms with Gasteiger partial charge < -0.3 is 0 Å². The SMILES string of the molecule is c1c2c(cc3c1c1cc4c(cc1c1cc5c(cc31)CCCC5)CCCC4)CCCC2. The Bertz CT molecular complexity index is 1040. The van der Waals surface area contributed by atoms with Crippen LogP contribution in [0, 0.1) is 0 Å². The fraction of sp³-hybridized carbons (Fsp3) is 0.400. The molecule has 4 aromatic carbocycles. The first kappa shape index (κ1) is 17.4. The first-order valence-corrected chi connectivity index (χ1v) is 12.3. The summed E-state index contributed by atoms with van der Waals surface area (Å²) >= 11 is 0. The molecule has 3 aliphatic carbocycles. The Hall–Kier alpha value is -2.34. The summed E-state index contributed by atoms with van der Waals surface area (Å²) in [6.45, 7) is 0. The summed E-state index contributed by atoms with van der Waals surface area (Å²) in [5, 5.41) is 9.10. The molecule has 4 aromatic rings. The molecule has 0 unspecified atom stereocenters. The van der Waals surface area contributed by atoms with E-state index in [0.717, 1.165) is 0 Å². The molecule has 0 saturated heterocycles. The van der Waals surface area contributed by atoms with Crippen LogP contribution >= 0.6 is 0 Å². The Labute approximate surface area is 179 Å². The Balaban J connectivity index is 1.66. The molecule has 0 atom stereocenters. The van der Waals surface area contributed by atoms with Crippen molar-refractivity contribution in [1.82, 2.24) is 0 Å². The molecule has 30 heavy (non-hydrogen) atoms. The maximum atomic E-state index is 2.58. The molecule has 0 amide bonds. The van der Waals surface area contributed by atoms with Crippen LogP contribution in [-0.4, -0.2) is 0 Å². The lowest BCUT2D eigenvalue weighted by atomic mass is 9.81. The molecule has 0 aliphatic heterocycles. The third kappa shape index (κ3) is 2.52. The van der Waals surface area contributed by atoms with Crippen molar-refractivity contribution in [3.8, 4) is 0 Å². The normalized spacial score (nSPS) is 18.4. The van der Waals surface area contributed by atoms with Crippen LogP contribution in [0.3, 0.4) is 0 Å². The average molecular weight is 391 g/mol. The molecule has 0 spiro atoms. The average Bonchev–Trinajstić information content (AvgIpc) is 2.81. The van der Waals surface area contributed by atoms with Crippen molar-refractivity contribution in [3.05, 3.63) is 69.8 Å². The highest BCUT2D eigenvalue weighted by atomic mass is 14.2. The van der Waals surface area contributed by atoms with Gasteiger partial charge in [-0.25, -0.2) is 0 Å². The quantitative estimate of drug-likeness (QED) is 0.269. The van der Waals surface area contributed by atoms with Crippen LogP contribution in [0.5, 0.6) is 0 Å². The summed E-state index contributed by atoms with van der Waals surface area (Å²) in [4.78, 5) is 0. The van der Waals surface area contributed by atoms with Crippen LogP contribution in [-0.2, 0) is 38.5 Å². The van der Waals surface area contributed by atoms with Gasteiger partial charge in [0.2, 0.25) is 0 Å². The maximum Gasteiger partial charge on any atom is -0.00959 e. The Kier molecular flexibility index (Phi) is 3.80. The van der Waals surface area contributed by atoms with E-state index in [2.05, 4.69) is 36.4 Å². The highest BCUT2D eigenvalue weighted by molar-refractivity contribution is 6.26. The van der Waals surface area contributed by atoms with E-state index >= 15 is 0 Å². The monoisotopic (exact) mass is 390 g/mol. The summed E-state index contributed by atoms with van der Waals surface area (Å²) in [6.07, 6.45) is 15.7. The largest absolute Gasteiger partial charge is 0.0502 e. The zero-order valence-electron chi connectivity index (χ0n) is 17.9.